The number of rotatable bonds is 5. The molecule has 1 aliphatic heterocycles. The van der Waals surface area contributed by atoms with Crippen LogP contribution in [0.25, 0.3) is 0 Å². The number of alkyl halides is 1. The predicted molar refractivity (Wildman–Crippen MR) is 80.8 cm³/mol. The number of ether oxygens (including phenoxy) is 1. The highest BCUT2D eigenvalue weighted by Crippen LogP contribution is 2.21. The second-order valence-electron chi connectivity index (χ2n) is 4.99. The van der Waals surface area contributed by atoms with Gasteiger partial charge >= 0.3 is 0 Å². The molecule has 19 heavy (non-hydrogen) atoms. The number of amides is 1. The summed E-state index contributed by atoms with van der Waals surface area (Å²) in [7, 11) is 0. The van der Waals surface area contributed by atoms with Gasteiger partial charge in [-0.25, -0.2) is 0 Å². The number of aryl methyl sites for hydroxylation is 1. The molecule has 2 unspecified atom stereocenters. The normalized spacial score (nSPS) is 22.4. The first-order valence-corrected chi connectivity index (χ1v) is 7.92. The van der Waals surface area contributed by atoms with Gasteiger partial charge in [0.2, 0.25) is 0 Å². The van der Waals surface area contributed by atoms with Crippen molar-refractivity contribution in [1.82, 2.24) is 0 Å². The predicted octanol–water partition coefficient (Wildman–Crippen LogP) is 3.52. The molecule has 104 valence electrons. The van der Waals surface area contributed by atoms with E-state index in [-0.39, 0.29) is 18.1 Å². The van der Waals surface area contributed by atoms with Crippen LogP contribution in [0.2, 0.25) is 0 Å². The van der Waals surface area contributed by atoms with Gasteiger partial charge in [-0.05, 0) is 50.3 Å². The lowest BCUT2D eigenvalue weighted by atomic mass is 10.1. The number of halogens is 1. The third kappa shape index (κ3) is 4.32. The average molecular weight is 326 g/mol. The Morgan fingerprint density at radius 1 is 1.47 bits per heavy atom. The fourth-order valence-corrected chi connectivity index (χ4v) is 2.57. The number of hydrogen-bond donors (Lipinski definition) is 1. The van der Waals surface area contributed by atoms with E-state index in [4.69, 9.17) is 4.74 Å². The third-order valence-corrected chi connectivity index (χ3v) is 3.88. The van der Waals surface area contributed by atoms with Crippen LogP contribution in [0.4, 0.5) is 5.69 Å². The summed E-state index contributed by atoms with van der Waals surface area (Å²) in [5.74, 6) is -0.0259. The Hall–Kier alpha value is -0.870. The van der Waals surface area contributed by atoms with Crippen molar-refractivity contribution < 1.29 is 9.53 Å². The van der Waals surface area contributed by atoms with Crippen molar-refractivity contribution in [3.05, 3.63) is 29.8 Å². The Bertz CT molecular complexity index is 436. The van der Waals surface area contributed by atoms with Gasteiger partial charge in [0, 0.05) is 11.0 Å². The maximum absolute atomic E-state index is 12.0. The molecule has 0 spiro atoms. The Labute approximate surface area is 122 Å². The zero-order valence-electron chi connectivity index (χ0n) is 11.2. The molecule has 2 atom stereocenters. The van der Waals surface area contributed by atoms with Gasteiger partial charge in [0.25, 0.3) is 5.91 Å². The van der Waals surface area contributed by atoms with E-state index in [1.807, 2.05) is 25.1 Å². The van der Waals surface area contributed by atoms with Crippen LogP contribution >= 0.6 is 15.9 Å². The number of anilines is 1. The van der Waals surface area contributed by atoms with Gasteiger partial charge in [0.1, 0.15) is 6.10 Å². The van der Waals surface area contributed by atoms with Crippen molar-refractivity contribution in [2.75, 3.05) is 10.6 Å². The van der Waals surface area contributed by atoms with E-state index in [1.54, 1.807) is 0 Å². The SMILES string of the molecule is CC1CCC(C(=O)Nc2cccc(CCCBr)c2)O1. The van der Waals surface area contributed by atoms with E-state index in [0.29, 0.717) is 0 Å². The lowest BCUT2D eigenvalue weighted by molar-refractivity contribution is -0.126. The van der Waals surface area contributed by atoms with Crippen LogP contribution in [0.1, 0.15) is 31.7 Å². The molecule has 0 aliphatic carbocycles. The summed E-state index contributed by atoms with van der Waals surface area (Å²) in [5.41, 5.74) is 2.11. The molecule has 0 bridgehead atoms. The van der Waals surface area contributed by atoms with E-state index in [2.05, 4.69) is 27.3 Å². The largest absolute Gasteiger partial charge is 0.365 e. The maximum Gasteiger partial charge on any atom is 0.253 e. The van der Waals surface area contributed by atoms with Crippen LogP contribution in [-0.2, 0) is 16.0 Å². The van der Waals surface area contributed by atoms with E-state index in [9.17, 15) is 4.79 Å². The molecule has 1 amide bonds. The first-order chi connectivity index (χ1) is 9.19. The molecule has 1 saturated heterocycles. The first-order valence-electron chi connectivity index (χ1n) is 6.80. The summed E-state index contributed by atoms with van der Waals surface area (Å²) in [5, 5.41) is 3.94. The molecule has 2 rings (SSSR count). The van der Waals surface area contributed by atoms with Gasteiger partial charge in [-0.2, -0.15) is 0 Å². The fourth-order valence-electron chi connectivity index (χ4n) is 2.29. The molecule has 0 radical (unpaired) electrons. The summed E-state index contributed by atoms with van der Waals surface area (Å²) in [6.07, 6.45) is 3.80. The average Bonchev–Trinajstić information content (AvgIpc) is 2.83. The Morgan fingerprint density at radius 3 is 3.00 bits per heavy atom. The number of carbonyl (C=O) groups is 1. The van der Waals surface area contributed by atoms with E-state index >= 15 is 0 Å². The molecule has 0 aromatic heterocycles. The zero-order chi connectivity index (χ0) is 13.7. The number of hydrogen-bond acceptors (Lipinski definition) is 2. The van der Waals surface area contributed by atoms with E-state index < -0.39 is 0 Å². The fraction of sp³-hybridized carbons (Fsp3) is 0.533. The number of benzene rings is 1. The topological polar surface area (TPSA) is 38.3 Å². The molecule has 1 N–H and O–H groups in total. The summed E-state index contributed by atoms with van der Waals surface area (Å²) < 4.78 is 5.57. The van der Waals surface area contributed by atoms with Gasteiger partial charge in [-0.15, -0.1) is 0 Å². The molecule has 3 nitrogen and oxygen atoms in total. The Kier molecular flexibility index (Phi) is 5.40. The molecule has 1 fully saturated rings. The summed E-state index contributed by atoms with van der Waals surface area (Å²) in [6.45, 7) is 2.01. The van der Waals surface area contributed by atoms with Gasteiger partial charge in [0.15, 0.2) is 0 Å². The smallest absolute Gasteiger partial charge is 0.253 e. The maximum atomic E-state index is 12.0. The van der Waals surface area contributed by atoms with Crippen molar-refractivity contribution in [3.8, 4) is 0 Å². The summed E-state index contributed by atoms with van der Waals surface area (Å²) in [4.78, 5) is 12.0. The summed E-state index contributed by atoms with van der Waals surface area (Å²) >= 11 is 3.43. The van der Waals surface area contributed by atoms with Crippen LogP contribution in [0.15, 0.2) is 24.3 Å². The highest BCUT2D eigenvalue weighted by atomic mass is 79.9. The molecule has 1 aromatic rings. The quantitative estimate of drug-likeness (QED) is 0.841. The number of nitrogens with one attached hydrogen (secondary N) is 1. The molecular formula is C15H20BrNO2. The Balaban J connectivity index is 1.93. The Morgan fingerprint density at radius 2 is 2.32 bits per heavy atom. The zero-order valence-corrected chi connectivity index (χ0v) is 12.8. The lowest BCUT2D eigenvalue weighted by Gasteiger charge is -2.12. The molecule has 0 saturated carbocycles. The van der Waals surface area contributed by atoms with Crippen LogP contribution in [0, 0.1) is 0 Å². The van der Waals surface area contributed by atoms with E-state index in [0.717, 1.165) is 36.7 Å². The molecule has 1 aromatic carbocycles. The van der Waals surface area contributed by atoms with Crippen LogP contribution in [-0.4, -0.2) is 23.4 Å². The lowest BCUT2D eigenvalue weighted by Crippen LogP contribution is -2.27. The van der Waals surface area contributed by atoms with Gasteiger partial charge in [-0.3, -0.25) is 4.79 Å². The van der Waals surface area contributed by atoms with Crippen LogP contribution < -0.4 is 5.32 Å². The highest BCUT2D eigenvalue weighted by Gasteiger charge is 2.28. The van der Waals surface area contributed by atoms with Crippen molar-refractivity contribution in [3.63, 3.8) is 0 Å². The third-order valence-electron chi connectivity index (χ3n) is 3.32. The molecule has 1 aliphatic rings. The minimum Gasteiger partial charge on any atom is -0.365 e. The monoisotopic (exact) mass is 325 g/mol. The van der Waals surface area contributed by atoms with Crippen molar-refractivity contribution in [1.29, 1.82) is 0 Å². The second-order valence-corrected chi connectivity index (χ2v) is 5.79. The molecular weight excluding hydrogens is 306 g/mol. The minimum absolute atomic E-state index is 0.0259. The van der Waals surface area contributed by atoms with Crippen molar-refractivity contribution in [2.24, 2.45) is 0 Å². The van der Waals surface area contributed by atoms with Gasteiger partial charge < -0.3 is 10.1 Å². The summed E-state index contributed by atoms with van der Waals surface area (Å²) in [6, 6.07) is 8.04. The molecule has 1 heterocycles. The highest BCUT2D eigenvalue weighted by molar-refractivity contribution is 9.09. The van der Waals surface area contributed by atoms with E-state index in [1.165, 1.54) is 5.56 Å². The van der Waals surface area contributed by atoms with Crippen molar-refractivity contribution in [2.45, 2.75) is 44.8 Å². The molecule has 4 heteroatoms. The first kappa shape index (κ1) is 14.5. The van der Waals surface area contributed by atoms with Gasteiger partial charge in [0.05, 0.1) is 6.10 Å². The second kappa shape index (κ2) is 7.06. The van der Waals surface area contributed by atoms with Crippen molar-refractivity contribution >= 4 is 27.5 Å². The van der Waals surface area contributed by atoms with Crippen LogP contribution in [0.5, 0.6) is 0 Å². The number of carbonyl (C=O) groups excluding carboxylic acids is 1. The standard InChI is InChI=1S/C15H20BrNO2/c1-11-7-8-14(19-11)15(18)17-13-6-2-4-12(10-13)5-3-9-16/h2,4,6,10-11,14H,3,5,7-9H2,1H3,(H,17,18). The minimum atomic E-state index is -0.291. The van der Waals surface area contributed by atoms with Gasteiger partial charge in [-0.1, -0.05) is 28.1 Å². The van der Waals surface area contributed by atoms with Crippen LogP contribution in [0.3, 0.4) is 0 Å².